The fourth-order valence-electron chi connectivity index (χ4n) is 1.74. The first-order valence-electron chi connectivity index (χ1n) is 5.39. The Morgan fingerprint density at radius 1 is 1.06 bits per heavy atom. The van der Waals surface area contributed by atoms with Gasteiger partial charge in [0.05, 0.1) is 0 Å². The molecule has 17 heavy (non-hydrogen) atoms. The largest absolute Gasteiger partial charge is 0.279 e. The summed E-state index contributed by atoms with van der Waals surface area (Å²) >= 11 is 0. The van der Waals surface area contributed by atoms with Gasteiger partial charge in [0.1, 0.15) is 0 Å². The Morgan fingerprint density at radius 3 is 2.35 bits per heavy atom. The topological polar surface area (TPSA) is 17.1 Å². The molecular weight excluding hydrogens is 208 g/mol. The molecule has 0 aliphatic carbocycles. The number of benzene rings is 2. The highest BCUT2D eigenvalue weighted by Crippen LogP contribution is 2.24. The standard InChI is InChI=1S/C16H12O/c1-3-16(17)15-7-5-4-6-14(15)13-10-8-12(2)9-11-13/h1,4-11H,2H3. The van der Waals surface area contributed by atoms with Crippen molar-refractivity contribution in [3.63, 3.8) is 0 Å². The van der Waals surface area contributed by atoms with Crippen LogP contribution in [0.5, 0.6) is 0 Å². The molecule has 1 nitrogen and oxygen atoms in total. The average Bonchev–Trinajstić information content (AvgIpc) is 2.39. The number of hydrogen-bond donors (Lipinski definition) is 0. The van der Waals surface area contributed by atoms with Crippen LogP contribution in [0.25, 0.3) is 11.1 Å². The van der Waals surface area contributed by atoms with E-state index in [0.29, 0.717) is 5.56 Å². The van der Waals surface area contributed by atoms with Gasteiger partial charge in [-0.25, -0.2) is 0 Å². The number of Topliss-reactive ketones (excluding diaryl/α,β-unsaturated/α-hetero) is 1. The highest BCUT2D eigenvalue weighted by atomic mass is 16.1. The molecule has 0 radical (unpaired) electrons. The van der Waals surface area contributed by atoms with E-state index in [1.54, 1.807) is 6.07 Å². The molecule has 0 N–H and O–H groups in total. The number of carbonyl (C=O) groups excluding carboxylic acids is 1. The van der Waals surface area contributed by atoms with Crippen molar-refractivity contribution in [3.8, 4) is 23.5 Å². The lowest BCUT2D eigenvalue weighted by molar-refractivity contribution is 0.105. The summed E-state index contributed by atoms with van der Waals surface area (Å²) in [6, 6.07) is 15.4. The van der Waals surface area contributed by atoms with Crippen LogP contribution in [0.15, 0.2) is 48.5 Å². The lowest BCUT2D eigenvalue weighted by Crippen LogP contribution is -1.97. The van der Waals surface area contributed by atoms with Crippen molar-refractivity contribution < 1.29 is 4.79 Å². The number of carbonyl (C=O) groups is 1. The third kappa shape index (κ3) is 2.26. The van der Waals surface area contributed by atoms with Crippen molar-refractivity contribution in [2.24, 2.45) is 0 Å². The summed E-state index contributed by atoms with van der Waals surface area (Å²) in [6.07, 6.45) is 5.18. The second kappa shape index (κ2) is 4.67. The summed E-state index contributed by atoms with van der Waals surface area (Å²) in [5.74, 6) is 1.89. The zero-order valence-corrected chi connectivity index (χ0v) is 9.60. The minimum absolute atomic E-state index is 0.277. The van der Waals surface area contributed by atoms with Gasteiger partial charge in [-0.2, -0.15) is 0 Å². The summed E-state index contributed by atoms with van der Waals surface area (Å²) in [5, 5.41) is 0. The molecule has 0 saturated heterocycles. The molecule has 0 saturated carbocycles. The third-order valence-electron chi connectivity index (χ3n) is 2.67. The normalized spacial score (nSPS) is 9.65. The van der Waals surface area contributed by atoms with Crippen LogP contribution in [0.2, 0.25) is 0 Å². The van der Waals surface area contributed by atoms with E-state index in [4.69, 9.17) is 6.42 Å². The van der Waals surface area contributed by atoms with Gasteiger partial charge in [0, 0.05) is 5.56 Å². The van der Waals surface area contributed by atoms with Gasteiger partial charge in [-0.3, -0.25) is 4.79 Å². The molecule has 2 aromatic carbocycles. The van der Waals surface area contributed by atoms with Crippen LogP contribution in [0.3, 0.4) is 0 Å². The molecule has 0 aliphatic heterocycles. The predicted octanol–water partition coefficient (Wildman–Crippen LogP) is 3.48. The Labute approximate surface area is 101 Å². The smallest absolute Gasteiger partial charge is 0.236 e. The van der Waals surface area contributed by atoms with Gasteiger partial charge in [0.15, 0.2) is 0 Å². The van der Waals surface area contributed by atoms with Crippen LogP contribution in [-0.2, 0) is 0 Å². The number of ketones is 1. The second-order valence-electron chi connectivity index (χ2n) is 3.89. The van der Waals surface area contributed by atoms with E-state index >= 15 is 0 Å². The first-order valence-corrected chi connectivity index (χ1v) is 5.39. The Balaban J connectivity index is 2.56. The fourth-order valence-corrected chi connectivity index (χ4v) is 1.74. The van der Waals surface area contributed by atoms with Crippen LogP contribution < -0.4 is 0 Å². The average molecular weight is 220 g/mol. The van der Waals surface area contributed by atoms with Crippen molar-refractivity contribution in [1.29, 1.82) is 0 Å². The van der Waals surface area contributed by atoms with Crippen LogP contribution in [0.1, 0.15) is 15.9 Å². The van der Waals surface area contributed by atoms with Gasteiger partial charge < -0.3 is 0 Å². The summed E-state index contributed by atoms with van der Waals surface area (Å²) in [6.45, 7) is 2.03. The molecule has 2 aromatic rings. The van der Waals surface area contributed by atoms with Crippen LogP contribution in [0.4, 0.5) is 0 Å². The van der Waals surface area contributed by atoms with Crippen LogP contribution >= 0.6 is 0 Å². The van der Waals surface area contributed by atoms with Crippen LogP contribution in [-0.4, -0.2) is 5.78 Å². The van der Waals surface area contributed by atoms with Gasteiger partial charge >= 0.3 is 0 Å². The third-order valence-corrected chi connectivity index (χ3v) is 2.67. The highest BCUT2D eigenvalue weighted by Gasteiger charge is 2.09. The number of hydrogen-bond acceptors (Lipinski definition) is 1. The van der Waals surface area contributed by atoms with E-state index in [0.717, 1.165) is 11.1 Å². The van der Waals surface area contributed by atoms with E-state index in [9.17, 15) is 4.79 Å². The van der Waals surface area contributed by atoms with Crippen molar-refractivity contribution in [2.75, 3.05) is 0 Å². The summed E-state index contributed by atoms with van der Waals surface area (Å²) in [4.78, 5) is 11.6. The van der Waals surface area contributed by atoms with Gasteiger partial charge in [0.25, 0.3) is 0 Å². The molecule has 2 rings (SSSR count). The summed E-state index contributed by atoms with van der Waals surface area (Å²) in [7, 11) is 0. The van der Waals surface area contributed by atoms with Crippen molar-refractivity contribution in [2.45, 2.75) is 6.92 Å². The Bertz CT molecular complexity index is 586. The van der Waals surface area contributed by atoms with Gasteiger partial charge in [-0.1, -0.05) is 48.0 Å². The fraction of sp³-hybridized carbons (Fsp3) is 0.0625. The molecule has 0 amide bonds. The number of terminal acetylenes is 1. The molecule has 0 fully saturated rings. The maximum absolute atomic E-state index is 11.6. The lowest BCUT2D eigenvalue weighted by Gasteiger charge is -2.06. The zero-order chi connectivity index (χ0) is 12.3. The second-order valence-corrected chi connectivity index (χ2v) is 3.89. The van der Waals surface area contributed by atoms with E-state index in [-0.39, 0.29) is 5.78 Å². The van der Waals surface area contributed by atoms with E-state index in [2.05, 4.69) is 5.92 Å². The van der Waals surface area contributed by atoms with Crippen LogP contribution in [0, 0.1) is 19.3 Å². The lowest BCUT2D eigenvalue weighted by atomic mass is 9.97. The Kier molecular flexibility index (Phi) is 3.07. The summed E-state index contributed by atoms with van der Waals surface area (Å²) < 4.78 is 0. The molecule has 0 heterocycles. The molecule has 0 atom stereocenters. The maximum atomic E-state index is 11.6. The maximum Gasteiger partial charge on any atom is 0.236 e. The number of rotatable bonds is 2. The minimum atomic E-state index is -0.277. The van der Waals surface area contributed by atoms with E-state index in [1.165, 1.54) is 5.56 Å². The predicted molar refractivity (Wildman–Crippen MR) is 69.8 cm³/mol. The minimum Gasteiger partial charge on any atom is -0.279 e. The Hall–Kier alpha value is -2.33. The van der Waals surface area contributed by atoms with Gasteiger partial charge in [-0.15, -0.1) is 6.42 Å². The molecule has 0 bridgehead atoms. The highest BCUT2D eigenvalue weighted by molar-refractivity contribution is 6.12. The van der Waals surface area contributed by atoms with Crippen molar-refractivity contribution >= 4 is 5.78 Å². The SMILES string of the molecule is C#CC(=O)c1ccccc1-c1ccc(C)cc1. The molecule has 82 valence electrons. The molecular formula is C16H12O. The molecule has 0 unspecified atom stereocenters. The van der Waals surface area contributed by atoms with Crippen molar-refractivity contribution in [1.82, 2.24) is 0 Å². The van der Waals surface area contributed by atoms with E-state index < -0.39 is 0 Å². The number of aryl methyl sites for hydroxylation is 1. The van der Waals surface area contributed by atoms with Crippen molar-refractivity contribution in [3.05, 3.63) is 59.7 Å². The molecule has 0 aliphatic rings. The van der Waals surface area contributed by atoms with Gasteiger partial charge in [0.2, 0.25) is 5.78 Å². The van der Waals surface area contributed by atoms with E-state index in [1.807, 2.05) is 49.4 Å². The Morgan fingerprint density at radius 2 is 1.71 bits per heavy atom. The van der Waals surface area contributed by atoms with Gasteiger partial charge in [-0.05, 0) is 30.0 Å². The molecule has 0 aromatic heterocycles. The zero-order valence-electron chi connectivity index (χ0n) is 9.60. The first-order chi connectivity index (χ1) is 8.22. The summed E-state index contributed by atoms with van der Waals surface area (Å²) in [5.41, 5.74) is 3.67. The monoisotopic (exact) mass is 220 g/mol. The molecule has 1 heteroatoms. The molecule has 0 spiro atoms. The quantitative estimate of drug-likeness (QED) is 0.430. The first kappa shape index (κ1) is 11.2.